The summed E-state index contributed by atoms with van der Waals surface area (Å²) in [4.78, 5) is 16.3. The van der Waals surface area contributed by atoms with E-state index in [1.807, 2.05) is 24.3 Å². The number of para-hydroxylation sites is 1. The van der Waals surface area contributed by atoms with Gasteiger partial charge in [-0.2, -0.15) is 0 Å². The number of aryl methyl sites for hydroxylation is 2. The maximum absolute atomic E-state index is 12.2. The minimum atomic E-state index is -0.156. The van der Waals surface area contributed by atoms with Gasteiger partial charge in [-0.1, -0.05) is 38.1 Å². The molecule has 0 bridgehead atoms. The molecule has 0 aliphatic carbocycles. The van der Waals surface area contributed by atoms with Crippen molar-refractivity contribution >= 4 is 11.6 Å². The highest BCUT2D eigenvalue weighted by Gasteiger charge is 2.11. The summed E-state index contributed by atoms with van der Waals surface area (Å²) in [5.74, 6) is -0.156. The molecule has 0 radical (unpaired) electrons. The van der Waals surface area contributed by atoms with E-state index >= 15 is 0 Å². The van der Waals surface area contributed by atoms with Crippen molar-refractivity contribution in [3.63, 3.8) is 0 Å². The Balaban J connectivity index is 2.30. The van der Waals surface area contributed by atoms with E-state index in [9.17, 15) is 4.79 Å². The zero-order valence-electron chi connectivity index (χ0n) is 11.3. The summed E-state index contributed by atoms with van der Waals surface area (Å²) < 4.78 is 0. The Labute approximate surface area is 113 Å². The lowest BCUT2D eigenvalue weighted by molar-refractivity contribution is 0.102. The number of amides is 1. The fourth-order valence-electron chi connectivity index (χ4n) is 2.08. The fraction of sp³-hybridized carbons (Fsp3) is 0.250. The fourth-order valence-corrected chi connectivity index (χ4v) is 2.08. The molecule has 19 heavy (non-hydrogen) atoms. The molecule has 1 N–H and O–H groups in total. The van der Waals surface area contributed by atoms with Gasteiger partial charge in [0.25, 0.3) is 5.91 Å². The molecule has 0 aliphatic heterocycles. The number of nitrogens with zero attached hydrogens (tertiary/aromatic N) is 1. The molecule has 2 rings (SSSR count). The topological polar surface area (TPSA) is 42.0 Å². The van der Waals surface area contributed by atoms with Gasteiger partial charge >= 0.3 is 0 Å². The third kappa shape index (κ3) is 2.99. The van der Waals surface area contributed by atoms with Crippen LogP contribution in [0.3, 0.4) is 0 Å². The minimum Gasteiger partial charge on any atom is -0.320 e. The lowest BCUT2D eigenvalue weighted by atomic mass is 10.0. The molecule has 3 heteroatoms. The highest BCUT2D eigenvalue weighted by molar-refractivity contribution is 6.03. The van der Waals surface area contributed by atoms with E-state index in [4.69, 9.17) is 0 Å². The molecule has 0 unspecified atom stereocenters. The van der Waals surface area contributed by atoms with Crippen LogP contribution < -0.4 is 5.32 Å². The lowest BCUT2D eigenvalue weighted by Gasteiger charge is -2.14. The maximum Gasteiger partial charge on any atom is 0.274 e. The van der Waals surface area contributed by atoms with E-state index in [1.165, 1.54) is 0 Å². The number of pyridine rings is 1. The quantitative estimate of drug-likeness (QED) is 0.907. The first-order valence-corrected chi connectivity index (χ1v) is 6.59. The van der Waals surface area contributed by atoms with Crippen molar-refractivity contribution in [3.8, 4) is 0 Å². The first kappa shape index (κ1) is 13.3. The number of hydrogen-bond acceptors (Lipinski definition) is 2. The predicted octanol–water partition coefficient (Wildman–Crippen LogP) is 3.46. The van der Waals surface area contributed by atoms with Gasteiger partial charge in [0.05, 0.1) is 0 Å². The normalized spacial score (nSPS) is 10.2. The molecule has 2 aromatic rings. The number of aromatic nitrogens is 1. The monoisotopic (exact) mass is 254 g/mol. The van der Waals surface area contributed by atoms with Gasteiger partial charge in [-0.05, 0) is 36.1 Å². The zero-order chi connectivity index (χ0) is 13.7. The second-order valence-electron chi connectivity index (χ2n) is 4.33. The molecule has 1 aromatic heterocycles. The van der Waals surface area contributed by atoms with Gasteiger partial charge in [-0.15, -0.1) is 0 Å². The number of benzene rings is 1. The minimum absolute atomic E-state index is 0.156. The first-order valence-electron chi connectivity index (χ1n) is 6.59. The average Bonchev–Trinajstić information content (AvgIpc) is 2.48. The van der Waals surface area contributed by atoms with Crippen molar-refractivity contribution in [1.29, 1.82) is 0 Å². The van der Waals surface area contributed by atoms with E-state index in [0.717, 1.165) is 29.7 Å². The van der Waals surface area contributed by atoms with Crippen molar-refractivity contribution in [3.05, 3.63) is 59.4 Å². The lowest BCUT2D eigenvalue weighted by Crippen LogP contribution is -2.16. The van der Waals surface area contributed by atoms with Crippen LogP contribution in [0.25, 0.3) is 0 Å². The van der Waals surface area contributed by atoms with Crippen LogP contribution in [0.1, 0.15) is 35.5 Å². The molecule has 98 valence electrons. The maximum atomic E-state index is 12.2. The Kier molecular flexibility index (Phi) is 4.29. The van der Waals surface area contributed by atoms with Crippen LogP contribution in [-0.2, 0) is 12.8 Å². The SMILES string of the molecule is CCc1cccc(CC)c1NC(=O)c1ccccn1. The van der Waals surface area contributed by atoms with Gasteiger partial charge in [0.2, 0.25) is 0 Å². The molecule has 0 spiro atoms. The van der Waals surface area contributed by atoms with Crippen LogP contribution in [-0.4, -0.2) is 10.9 Å². The van der Waals surface area contributed by atoms with Crippen molar-refractivity contribution in [2.75, 3.05) is 5.32 Å². The highest BCUT2D eigenvalue weighted by Crippen LogP contribution is 2.23. The third-order valence-corrected chi connectivity index (χ3v) is 3.13. The molecule has 0 saturated heterocycles. The summed E-state index contributed by atoms with van der Waals surface area (Å²) in [6.07, 6.45) is 3.42. The van der Waals surface area contributed by atoms with Crippen molar-refractivity contribution in [1.82, 2.24) is 4.98 Å². The molecule has 0 atom stereocenters. The van der Waals surface area contributed by atoms with Crippen molar-refractivity contribution in [2.24, 2.45) is 0 Å². The third-order valence-electron chi connectivity index (χ3n) is 3.13. The molecule has 0 fully saturated rings. The second kappa shape index (κ2) is 6.14. The second-order valence-corrected chi connectivity index (χ2v) is 4.33. The van der Waals surface area contributed by atoms with Crippen LogP contribution in [0.4, 0.5) is 5.69 Å². The van der Waals surface area contributed by atoms with Gasteiger partial charge < -0.3 is 5.32 Å². The number of nitrogens with one attached hydrogen (secondary N) is 1. The number of anilines is 1. The van der Waals surface area contributed by atoms with Crippen molar-refractivity contribution < 1.29 is 4.79 Å². The molecule has 1 aromatic carbocycles. The summed E-state index contributed by atoms with van der Waals surface area (Å²) in [6, 6.07) is 11.5. The van der Waals surface area contributed by atoms with E-state index < -0.39 is 0 Å². The molecule has 3 nitrogen and oxygen atoms in total. The smallest absolute Gasteiger partial charge is 0.274 e. The number of carbonyl (C=O) groups excluding carboxylic acids is 1. The van der Waals surface area contributed by atoms with Crippen LogP contribution in [0.15, 0.2) is 42.6 Å². The van der Waals surface area contributed by atoms with Crippen LogP contribution >= 0.6 is 0 Å². The standard InChI is InChI=1S/C16H18N2O/c1-3-12-8-7-9-13(4-2)15(12)18-16(19)14-10-5-6-11-17-14/h5-11H,3-4H2,1-2H3,(H,18,19). The Bertz CT molecular complexity index is 542. The van der Waals surface area contributed by atoms with E-state index in [1.54, 1.807) is 18.3 Å². The molecule has 0 saturated carbocycles. The Hall–Kier alpha value is -2.16. The number of rotatable bonds is 4. The summed E-state index contributed by atoms with van der Waals surface area (Å²) in [5.41, 5.74) is 3.69. The Morgan fingerprint density at radius 2 is 1.74 bits per heavy atom. The molecular formula is C16H18N2O. The summed E-state index contributed by atoms with van der Waals surface area (Å²) >= 11 is 0. The van der Waals surface area contributed by atoms with Crippen LogP contribution in [0.5, 0.6) is 0 Å². The summed E-state index contributed by atoms with van der Waals surface area (Å²) in [6.45, 7) is 4.18. The van der Waals surface area contributed by atoms with Gasteiger partial charge in [0.15, 0.2) is 0 Å². The van der Waals surface area contributed by atoms with E-state index in [-0.39, 0.29) is 5.91 Å². The Morgan fingerprint density at radius 1 is 1.05 bits per heavy atom. The predicted molar refractivity (Wildman–Crippen MR) is 77.4 cm³/mol. The molecule has 1 heterocycles. The Morgan fingerprint density at radius 3 is 2.26 bits per heavy atom. The number of carbonyl (C=O) groups is 1. The molecular weight excluding hydrogens is 236 g/mol. The van der Waals surface area contributed by atoms with Crippen LogP contribution in [0, 0.1) is 0 Å². The summed E-state index contributed by atoms with van der Waals surface area (Å²) in [5, 5.41) is 3.00. The first-order chi connectivity index (χ1) is 9.26. The van der Waals surface area contributed by atoms with Crippen molar-refractivity contribution in [2.45, 2.75) is 26.7 Å². The van der Waals surface area contributed by atoms with Gasteiger partial charge in [0, 0.05) is 11.9 Å². The van der Waals surface area contributed by atoms with E-state index in [2.05, 4.69) is 24.1 Å². The van der Waals surface area contributed by atoms with E-state index in [0.29, 0.717) is 5.69 Å². The molecule has 0 aliphatic rings. The molecule has 1 amide bonds. The highest BCUT2D eigenvalue weighted by atomic mass is 16.1. The summed E-state index contributed by atoms with van der Waals surface area (Å²) in [7, 11) is 0. The largest absolute Gasteiger partial charge is 0.320 e. The van der Waals surface area contributed by atoms with Gasteiger partial charge in [-0.3, -0.25) is 9.78 Å². The zero-order valence-corrected chi connectivity index (χ0v) is 11.3. The number of hydrogen-bond donors (Lipinski definition) is 1. The van der Waals surface area contributed by atoms with Gasteiger partial charge in [-0.25, -0.2) is 0 Å². The van der Waals surface area contributed by atoms with Crippen LogP contribution in [0.2, 0.25) is 0 Å². The van der Waals surface area contributed by atoms with Gasteiger partial charge in [0.1, 0.15) is 5.69 Å². The average molecular weight is 254 g/mol.